The molecule has 0 spiro atoms. The zero-order valence-corrected chi connectivity index (χ0v) is 18.6. The van der Waals surface area contributed by atoms with Gasteiger partial charge in [-0.05, 0) is 40.7 Å². The third kappa shape index (κ3) is 3.89. The summed E-state index contributed by atoms with van der Waals surface area (Å²) in [6.07, 6.45) is 1.36. The molecule has 1 aromatic carbocycles. The van der Waals surface area contributed by atoms with Gasteiger partial charge in [-0.3, -0.25) is 4.79 Å². The molecule has 1 fully saturated rings. The van der Waals surface area contributed by atoms with Gasteiger partial charge in [0.1, 0.15) is 17.7 Å². The summed E-state index contributed by atoms with van der Waals surface area (Å²) in [5.41, 5.74) is 7.74. The fourth-order valence-electron chi connectivity index (χ4n) is 4.10. The van der Waals surface area contributed by atoms with Gasteiger partial charge in [-0.1, -0.05) is 0 Å². The van der Waals surface area contributed by atoms with E-state index in [0.29, 0.717) is 30.3 Å². The van der Waals surface area contributed by atoms with Gasteiger partial charge in [0.15, 0.2) is 11.6 Å². The Morgan fingerprint density at radius 3 is 2.61 bits per heavy atom. The van der Waals surface area contributed by atoms with E-state index in [2.05, 4.69) is 20.8 Å². The first-order chi connectivity index (χ1) is 14.7. The third-order valence-corrected chi connectivity index (χ3v) is 5.79. The van der Waals surface area contributed by atoms with Crippen molar-refractivity contribution >= 4 is 17.4 Å². The molecule has 0 aliphatic carbocycles. The van der Waals surface area contributed by atoms with Crippen LogP contribution in [0.2, 0.25) is 0 Å². The number of carbonyl (C=O) groups excluding carboxylic acids is 1. The van der Waals surface area contributed by atoms with Crippen LogP contribution >= 0.6 is 0 Å². The Balaban J connectivity index is 1.64. The molecule has 2 aliphatic heterocycles. The Bertz CT molecular complexity index is 998. The molecule has 1 unspecified atom stereocenters. The zero-order chi connectivity index (χ0) is 22.3. The SMILES string of the molecule is CC(C)Oc1cc2c(cc1F)NNC2(C)c1cc(N2CCN(C(C)C)C(=O)C2)ncn1. The van der Waals surface area contributed by atoms with Crippen LogP contribution in [0.1, 0.15) is 45.9 Å². The second kappa shape index (κ2) is 7.96. The number of nitrogens with one attached hydrogen (secondary N) is 2. The molecule has 2 aliphatic rings. The van der Waals surface area contributed by atoms with Gasteiger partial charge in [0.05, 0.1) is 24.0 Å². The molecule has 0 saturated carbocycles. The standard InChI is InChI=1S/C22H29FN6O2/c1-13(2)29-7-6-28(11-21(29)30)20-10-19(24-12-25-20)22(5)15-8-18(31-14(3)4)16(23)9-17(15)26-27-22/h8-10,12-14,26-27H,6-7,11H2,1-5H3. The van der Waals surface area contributed by atoms with Crippen LogP contribution < -0.4 is 20.5 Å². The number of benzene rings is 1. The Labute approximate surface area is 181 Å². The van der Waals surface area contributed by atoms with Crippen molar-refractivity contribution in [2.45, 2.75) is 52.3 Å². The molecule has 1 saturated heterocycles. The number of nitrogens with zero attached hydrogens (tertiary/aromatic N) is 4. The van der Waals surface area contributed by atoms with Crippen molar-refractivity contribution in [1.29, 1.82) is 0 Å². The van der Waals surface area contributed by atoms with E-state index in [1.165, 1.54) is 12.4 Å². The summed E-state index contributed by atoms with van der Waals surface area (Å²) in [6, 6.07) is 5.21. The lowest BCUT2D eigenvalue weighted by Crippen LogP contribution is -2.53. The van der Waals surface area contributed by atoms with E-state index in [4.69, 9.17) is 4.74 Å². The van der Waals surface area contributed by atoms with Gasteiger partial charge in [-0.2, -0.15) is 0 Å². The van der Waals surface area contributed by atoms with Crippen molar-refractivity contribution in [3.8, 4) is 5.75 Å². The van der Waals surface area contributed by atoms with Crippen LogP contribution in [-0.2, 0) is 10.3 Å². The van der Waals surface area contributed by atoms with Crippen LogP contribution in [0, 0.1) is 5.82 Å². The Morgan fingerprint density at radius 1 is 1.16 bits per heavy atom. The topological polar surface area (TPSA) is 82.6 Å². The molecule has 2 N–H and O–H groups in total. The molecule has 1 atom stereocenters. The number of ether oxygens (including phenoxy) is 1. The molecule has 4 rings (SSSR count). The van der Waals surface area contributed by atoms with Crippen molar-refractivity contribution < 1.29 is 13.9 Å². The normalized spacial score (nSPS) is 21.0. The lowest BCUT2D eigenvalue weighted by molar-refractivity contribution is -0.132. The van der Waals surface area contributed by atoms with Crippen LogP contribution in [0.4, 0.5) is 15.9 Å². The summed E-state index contributed by atoms with van der Waals surface area (Å²) in [5, 5.41) is 0. The highest BCUT2D eigenvalue weighted by atomic mass is 19.1. The third-order valence-electron chi connectivity index (χ3n) is 5.79. The second-order valence-corrected chi connectivity index (χ2v) is 8.73. The van der Waals surface area contributed by atoms with Crippen LogP contribution in [0.15, 0.2) is 24.5 Å². The molecular weight excluding hydrogens is 399 g/mol. The highest BCUT2D eigenvalue weighted by molar-refractivity contribution is 5.82. The fraction of sp³-hybridized carbons (Fsp3) is 0.500. The number of anilines is 2. The maximum atomic E-state index is 14.4. The van der Waals surface area contributed by atoms with E-state index in [1.54, 1.807) is 6.07 Å². The van der Waals surface area contributed by atoms with Gasteiger partial charge in [0.25, 0.3) is 0 Å². The molecule has 3 heterocycles. The highest BCUT2D eigenvalue weighted by Gasteiger charge is 2.39. The Morgan fingerprint density at radius 2 is 1.94 bits per heavy atom. The van der Waals surface area contributed by atoms with Crippen molar-refractivity contribution in [3.05, 3.63) is 41.6 Å². The highest BCUT2D eigenvalue weighted by Crippen LogP contribution is 2.41. The first kappa shape index (κ1) is 21.3. The summed E-state index contributed by atoms with van der Waals surface area (Å²) in [7, 11) is 0. The Hall–Kier alpha value is -2.94. The van der Waals surface area contributed by atoms with Crippen LogP contribution in [0.25, 0.3) is 0 Å². The van der Waals surface area contributed by atoms with Crippen LogP contribution in [0.5, 0.6) is 5.75 Å². The molecule has 1 amide bonds. The van der Waals surface area contributed by atoms with E-state index in [0.717, 1.165) is 5.56 Å². The van der Waals surface area contributed by atoms with Gasteiger partial charge in [-0.25, -0.2) is 19.8 Å². The average Bonchev–Trinajstić information content (AvgIpc) is 3.04. The maximum Gasteiger partial charge on any atom is 0.242 e. The summed E-state index contributed by atoms with van der Waals surface area (Å²) in [4.78, 5) is 25.3. The minimum absolute atomic E-state index is 0.0876. The minimum atomic E-state index is -0.723. The largest absolute Gasteiger partial charge is 0.488 e. The molecule has 1 aromatic heterocycles. The van der Waals surface area contributed by atoms with E-state index < -0.39 is 11.4 Å². The van der Waals surface area contributed by atoms with Crippen molar-refractivity contribution in [2.75, 3.05) is 30.0 Å². The van der Waals surface area contributed by atoms with Crippen molar-refractivity contribution in [3.63, 3.8) is 0 Å². The molecule has 31 heavy (non-hydrogen) atoms. The maximum absolute atomic E-state index is 14.4. The van der Waals surface area contributed by atoms with E-state index in [1.807, 2.05) is 50.5 Å². The lowest BCUT2D eigenvalue weighted by Gasteiger charge is -2.37. The summed E-state index contributed by atoms with van der Waals surface area (Å²) < 4.78 is 20.1. The summed E-state index contributed by atoms with van der Waals surface area (Å²) >= 11 is 0. The van der Waals surface area contributed by atoms with Gasteiger partial charge < -0.3 is 20.0 Å². The predicted molar refractivity (Wildman–Crippen MR) is 116 cm³/mol. The number of amides is 1. The molecule has 0 radical (unpaired) electrons. The summed E-state index contributed by atoms with van der Waals surface area (Å²) in [5.74, 6) is 0.564. The number of fused-ring (bicyclic) bond motifs is 1. The van der Waals surface area contributed by atoms with Crippen LogP contribution in [0.3, 0.4) is 0 Å². The fourth-order valence-corrected chi connectivity index (χ4v) is 4.10. The first-order valence-electron chi connectivity index (χ1n) is 10.6. The smallest absolute Gasteiger partial charge is 0.242 e. The van der Waals surface area contributed by atoms with Gasteiger partial charge >= 0.3 is 0 Å². The quantitative estimate of drug-likeness (QED) is 0.758. The number of hydrazine groups is 1. The van der Waals surface area contributed by atoms with Crippen LogP contribution in [-0.4, -0.2) is 52.6 Å². The van der Waals surface area contributed by atoms with E-state index >= 15 is 0 Å². The van der Waals surface area contributed by atoms with Crippen molar-refractivity contribution in [2.24, 2.45) is 0 Å². The number of halogens is 1. The van der Waals surface area contributed by atoms with E-state index in [-0.39, 0.29) is 30.3 Å². The van der Waals surface area contributed by atoms with Crippen molar-refractivity contribution in [1.82, 2.24) is 20.3 Å². The molecule has 0 bridgehead atoms. The van der Waals surface area contributed by atoms with Gasteiger partial charge in [0.2, 0.25) is 5.91 Å². The molecule has 8 nitrogen and oxygen atoms in total. The number of aromatic nitrogens is 2. The predicted octanol–water partition coefficient (Wildman–Crippen LogP) is 2.65. The number of rotatable bonds is 5. The number of carbonyl (C=O) groups is 1. The monoisotopic (exact) mass is 428 g/mol. The number of piperazine rings is 1. The second-order valence-electron chi connectivity index (χ2n) is 8.73. The number of hydrogen-bond donors (Lipinski definition) is 2. The molecule has 9 heteroatoms. The van der Waals surface area contributed by atoms with Gasteiger partial charge in [-0.15, -0.1) is 0 Å². The minimum Gasteiger partial charge on any atom is -0.488 e. The molecule has 2 aromatic rings. The lowest BCUT2D eigenvalue weighted by atomic mass is 9.89. The molecule has 166 valence electrons. The molecular formula is C22H29FN6O2. The average molecular weight is 429 g/mol. The van der Waals surface area contributed by atoms with E-state index in [9.17, 15) is 9.18 Å². The zero-order valence-electron chi connectivity index (χ0n) is 18.6. The Kier molecular flexibility index (Phi) is 5.47. The first-order valence-corrected chi connectivity index (χ1v) is 10.6. The number of hydrogen-bond acceptors (Lipinski definition) is 7. The summed E-state index contributed by atoms with van der Waals surface area (Å²) in [6.45, 7) is 11.4. The van der Waals surface area contributed by atoms with Gasteiger partial charge in [0, 0.05) is 36.8 Å².